The van der Waals surface area contributed by atoms with Gasteiger partial charge >= 0.3 is 0 Å². The van der Waals surface area contributed by atoms with Gasteiger partial charge in [0.1, 0.15) is 22.7 Å². The van der Waals surface area contributed by atoms with E-state index in [1.165, 1.54) is 11.1 Å². The van der Waals surface area contributed by atoms with Crippen molar-refractivity contribution in [1.82, 2.24) is 14.5 Å². The molecule has 0 aliphatic carbocycles. The maximum atomic E-state index is 9.76. The Morgan fingerprint density at radius 2 is 1.62 bits per heavy atom. The van der Waals surface area contributed by atoms with Crippen LogP contribution in [0, 0.1) is 6.92 Å². The number of aromatic hydroxyl groups is 1. The quantitative estimate of drug-likeness (QED) is 0.308. The normalized spacial score (nSPS) is 11.2. The Morgan fingerprint density at radius 1 is 0.875 bits per heavy atom. The standard InChI is InChI=1S/C27H23N3OS/c1-19-7-13-23(14-8-19)32-27-24-17-25(21-9-11-22(31)12-10-21)30(26(24)28-18-29-27)16-15-20-5-3-2-4-6-20/h2-14,17-18,31H,15-16H2,1H3. The number of rotatable bonds is 6. The van der Waals surface area contributed by atoms with Gasteiger partial charge in [-0.3, -0.25) is 0 Å². The Kier molecular flexibility index (Phi) is 5.65. The number of hydrogen-bond acceptors (Lipinski definition) is 4. The first kappa shape index (κ1) is 20.3. The highest BCUT2D eigenvalue weighted by atomic mass is 32.2. The number of phenolic OH excluding ortho intramolecular Hbond substituents is 1. The lowest BCUT2D eigenvalue weighted by atomic mass is 10.1. The van der Waals surface area contributed by atoms with Crippen molar-refractivity contribution in [1.29, 1.82) is 0 Å². The molecule has 2 aromatic heterocycles. The molecule has 5 aromatic rings. The number of aromatic nitrogens is 3. The fraction of sp³-hybridized carbons (Fsp3) is 0.111. The van der Waals surface area contributed by atoms with Gasteiger partial charge in [-0.1, -0.05) is 59.8 Å². The van der Waals surface area contributed by atoms with Crippen LogP contribution in [0.15, 0.2) is 101 Å². The summed E-state index contributed by atoms with van der Waals surface area (Å²) in [5.41, 5.74) is 5.56. The molecule has 0 bridgehead atoms. The molecule has 0 amide bonds. The first-order chi connectivity index (χ1) is 15.7. The molecule has 0 saturated carbocycles. The molecular weight excluding hydrogens is 414 g/mol. The predicted octanol–water partition coefficient (Wildman–Crippen LogP) is 6.51. The van der Waals surface area contributed by atoms with Crippen LogP contribution in [0.25, 0.3) is 22.3 Å². The molecule has 0 aliphatic heterocycles. The fourth-order valence-electron chi connectivity index (χ4n) is 3.82. The second-order valence-electron chi connectivity index (χ2n) is 7.79. The van der Waals surface area contributed by atoms with E-state index in [1.807, 2.05) is 18.2 Å². The van der Waals surface area contributed by atoms with Crippen molar-refractivity contribution in [2.24, 2.45) is 0 Å². The minimum Gasteiger partial charge on any atom is -0.508 e. The van der Waals surface area contributed by atoms with Gasteiger partial charge in [0.15, 0.2) is 0 Å². The van der Waals surface area contributed by atoms with E-state index in [2.05, 4.69) is 76.1 Å². The average molecular weight is 438 g/mol. The molecule has 0 aliphatic rings. The number of hydrogen-bond donors (Lipinski definition) is 1. The van der Waals surface area contributed by atoms with E-state index in [4.69, 9.17) is 0 Å². The molecule has 2 heterocycles. The van der Waals surface area contributed by atoms with E-state index >= 15 is 0 Å². The molecule has 158 valence electrons. The van der Waals surface area contributed by atoms with Gasteiger partial charge in [0.05, 0.1) is 11.1 Å². The van der Waals surface area contributed by atoms with Gasteiger partial charge in [-0.15, -0.1) is 0 Å². The molecule has 32 heavy (non-hydrogen) atoms. The van der Waals surface area contributed by atoms with E-state index in [1.54, 1.807) is 30.2 Å². The zero-order chi connectivity index (χ0) is 21.9. The van der Waals surface area contributed by atoms with Crippen molar-refractivity contribution in [2.75, 3.05) is 0 Å². The van der Waals surface area contributed by atoms with Crippen molar-refractivity contribution >= 4 is 22.8 Å². The Bertz CT molecular complexity index is 1340. The molecule has 5 rings (SSSR count). The Morgan fingerprint density at radius 3 is 2.38 bits per heavy atom. The lowest BCUT2D eigenvalue weighted by molar-refractivity contribution is 0.475. The van der Waals surface area contributed by atoms with Gasteiger partial charge < -0.3 is 9.67 Å². The van der Waals surface area contributed by atoms with Gasteiger partial charge in [0.2, 0.25) is 0 Å². The maximum absolute atomic E-state index is 9.76. The maximum Gasteiger partial charge on any atom is 0.144 e. The molecule has 0 unspecified atom stereocenters. The minimum atomic E-state index is 0.260. The van der Waals surface area contributed by atoms with Crippen LogP contribution in [0.1, 0.15) is 11.1 Å². The van der Waals surface area contributed by atoms with Crippen LogP contribution in [0.3, 0.4) is 0 Å². The Balaban J connectivity index is 1.59. The van der Waals surface area contributed by atoms with Gasteiger partial charge in [0.25, 0.3) is 0 Å². The van der Waals surface area contributed by atoms with Crippen LogP contribution in [0.4, 0.5) is 0 Å². The summed E-state index contributed by atoms with van der Waals surface area (Å²) in [6.45, 7) is 2.89. The highest BCUT2D eigenvalue weighted by molar-refractivity contribution is 7.99. The number of aryl methyl sites for hydroxylation is 3. The smallest absolute Gasteiger partial charge is 0.144 e. The first-order valence-corrected chi connectivity index (χ1v) is 11.4. The van der Waals surface area contributed by atoms with Crippen molar-refractivity contribution < 1.29 is 5.11 Å². The highest BCUT2D eigenvalue weighted by Gasteiger charge is 2.16. The Hall–Kier alpha value is -3.57. The molecule has 5 heteroatoms. The fourth-order valence-corrected chi connectivity index (χ4v) is 4.68. The molecule has 0 fully saturated rings. The molecule has 0 spiro atoms. The molecule has 0 atom stereocenters. The topological polar surface area (TPSA) is 50.9 Å². The summed E-state index contributed by atoms with van der Waals surface area (Å²) < 4.78 is 2.26. The number of phenols is 1. The zero-order valence-corrected chi connectivity index (χ0v) is 18.6. The van der Waals surface area contributed by atoms with Gasteiger partial charge in [-0.25, -0.2) is 9.97 Å². The van der Waals surface area contributed by atoms with Gasteiger partial charge in [0, 0.05) is 11.4 Å². The van der Waals surface area contributed by atoms with Crippen LogP contribution >= 0.6 is 11.8 Å². The van der Waals surface area contributed by atoms with E-state index < -0.39 is 0 Å². The van der Waals surface area contributed by atoms with Crippen molar-refractivity contribution in [3.8, 4) is 17.0 Å². The summed E-state index contributed by atoms with van der Waals surface area (Å²) in [4.78, 5) is 10.4. The first-order valence-electron chi connectivity index (χ1n) is 10.6. The highest BCUT2D eigenvalue weighted by Crippen LogP contribution is 2.36. The second-order valence-corrected chi connectivity index (χ2v) is 8.86. The van der Waals surface area contributed by atoms with E-state index in [-0.39, 0.29) is 5.75 Å². The molecule has 0 radical (unpaired) electrons. The van der Waals surface area contributed by atoms with Crippen LogP contribution in [-0.2, 0) is 13.0 Å². The lowest BCUT2D eigenvalue weighted by Gasteiger charge is -2.11. The third-order valence-corrected chi connectivity index (χ3v) is 6.55. The summed E-state index contributed by atoms with van der Waals surface area (Å²) in [5.74, 6) is 0.260. The molecule has 1 N–H and O–H groups in total. The van der Waals surface area contributed by atoms with Crippen molar-refractivity contribution in [3.63, 3.8) is 0 Å². The van der Waals surface area contributed by atoms with E-state index in [0.29, 0.717) is 0 Å². The SMILES string of the molecule is Cc1ccc(Sc2ncnc3c2cc(-c2ccc(O)cc2)n3CCc2ccccc2)cc1. The molecule has 0 saturated heterocycles. The van der Waals surface area contributed by atoms with Crippen LogP contribution in [0.5, 0.6) is 5.75 Å². The van der Waals surface area contributed by atoms with E-state index in [9.17, 15) is 5.11 Å². The summed E-state index contributed by atoms with van der Waals surface area (Å²) >= 11 is 1.66. The monoisotopic (exact) mass is 437 g/mol. The van der Waals surface area contributed by atoms with Crippen LogP contribution in [0.2, 0.25) is 0 Å². The second kappa shape index (κ2) is 8.89. The lowest BCUT2D eigenvalue weighted by Crippen LogP contribution is -2.04. The van der Waals surface area contributed by atoms with Gasteiger partial charge in [-0.2, -0.15) is 0 Å². The van der Waals surface area contributed by atoms with Crippen molar-refractivity contribution in [3.05, 3.63) is 102 Å². The number of benzene rings is 3. The summed E-state index contributed by atoms with van der Waals surface area (Å²) in [7, 11) is 0. The average Bonchev–Trinajstić information content (AvgIpc) is 3.20. The van der Waals surface area contributed by atoms with Gasteiger partial charge in [-0.05, 0) is 66.9 Å². The predicted molar refractivity (Wildman–Crippen MR) is 130 cm³/mol. The van der Waals surface area contributed by atoms with Crippen LogP contribution in [-0.4, -0.2) is 19.6 Å². The zero-order valence-electron chi connectivity index (χ0n) is 17.8. The molecule has 4 nitrogen and oxygen atoms in total. The third kappa shape index (κ3) is 4.25. The Labute approximate surface area is 191 Å². The summed E-state index contributed by atoms with van der Waals surface area (Å²) in [5, 5.41) is 11.7. The molecular formula is C27H23N3OS. The molecule has 3 aromatic carbocycles. The number of nitrogens with zero attached hydrogens (tertiary/aromatic N) is 3. The minimum absolute atomic E-state index is 0.260. The largest absolute Gasteiger partial charge is 0.508 e. The van der Waals surface area contributed by atoms with E-state index in [0.717, 1.165) is 45.2 Å². The number of fused-ring (bicyclic) bond motifs is 1. The third-order valence-electron chi connectivity index (χ3n) is 5.52. The summed E-state index contributed by atoms with van der Waals surface area (Å²) in [6.07, 6.45) is 2.55. The van der Waals surface area contributed by atoms with Crippen molar-refractivity contribution in [2.45, 2.75) is 29.8 Å². The summed E-state index contributed by atoms with van der Waals surface area (Å²) in [6, 6.07) is 28.5. The van der Waals surface area contributed by atoms with Crippen LogP contribution < -0.4 is 0 Å².